The topological polar surface area (TPSA) is 21.7 Å². The van der Waals surface area contributed by atoms with Crippen LogP contribution in [0, 0.1) is 0 Å². The minimum atomic E-state index is -1.57. The zero-order valence-corrected chi connectivity index (χ0v) is 20.9. The molecule has 0 bridgehead atoms. The molecule has 3 nitrogen and oxygen atoms in total. The van der Waals surface area contributed by atoms with Crippen LogP contribution in [0.15, 0.2) is 85.4 Å². The first-order valence-electron chi connectivity index (χ1n) is 11.2. The average Bonchev–Trinajstić information content (AvgIpc) is 2.80. The van der Waals surface area contributed by atoms with Crippen LogP contribution in [0.5, 0.6) is 5.75 Å². The van der Waals surface area contributed by atoms with Gasteiger partial charge in [0.25, 0.3) is 0 Å². The molecule has 0 N–H and O–H groups in total. The maximum Gasteiger partial charge on any atom is 0.213 e. The molecule has 3 aromatic rings. The molecular formula is C28H35NO2Si. The molecule has 0 aliphatic heterocycles. The maximum atomic E-state index is 6.52. The van der Waals surface area contributed by atoms with Gasteiger partial charge in [0, 0.05) is 30.9 Å². The Labute approximate surface area is 195 Å². The van der Waals surface area contributed by atoms with Crippen molar-refractivity contribution in [2.45, 2.75) is 32.4 Å². The number of benzene rings is 3. The van der Waals surface area contributed by atoms with E-state index in [0.29, 0.717) is 13.2 Å². The van der Waals surface area contributed by atoms with Crippen molar-refractivity contribution in [1.82, 2.24) is 0 Å². The van der Waals surface area contributed by atoms with Crippen LogP contribution in [0.4, 0.5) is 5.69 Å². The largest absolute Gasteiger partial charge is 0.488 e. The van der Waals surface area contributed by atoms with Crippen molar-refractivity contribution < 1.29 is 9.16 Å². The molecular weight excluding hydrogens is 410 g/mol. The van der Waals surface area contributed by atoms with Gasteiger partial charge in [-0.15, -0.1) is 0 Å². The van der Waals surface area contributed by atoms with Crippen LogP contribution in [-0.4, -0.2) is 29.2 Å². The van der Waals surface area contributed by atoms with Gasteiger partial charge in [0.15, 0.2) is 0 Å². The predicted molar refractivity (Wildman–Crippen MR) is 139 cm³/mol. The van der Waals surface area contributed by atoms with E-state index in [0.717, 1.165) is 29.1 Å². The summed E-state index contributed by atoms with van der Waals surface area (Å²) in [6.07, 6.45) is 1.84. The van der Waals surface area contributed by atoms with Crippen molar-refractivity contribution in [1.29, 1.82) is 0 Å². The van der Waals surface area contributed by atoms with Gasteiger partial charge in [-0.05, 0) is 27.9 Å². The highest BCUT2D eigenvalue weighted by Gasteiger charge is 2.29. The molecule has 0 aliphatic rings. The molecule has 0 spiro atoms. The summed E-state index contributed by atoms with van der Waals surface area (Å²) in [6, 6.07) is 27.2. The van der Waals surface area contributed by atoms with Crippen molar-refractivity contribution in [3.8, 4) is 5.75 Å². The summed E-state index contributed by atoms with van der Waals surface area (Å²) in [4.78, 5) is 2.22. The molecule has 0 amide bonds. The van der Waals surface area contributed by atoms with Crippen molar-refractivity contribution in [2.75, 3.05) is 25.1 Å². The highest BCUT2D eigenvalue weighted by Crippen LogP contribution is 2.29. The lowest BCUT2D eigenvalue weighted by molar-refractivity contribution is 0.305. The molecule has 0 radical (unpaired) electrons. The lowest BCUT2D eigenvalue weighted by atomic mass is 10.1. The standard InChI is InChI=1S/C28H35NO2Si/c1-6-24-17-18-25(21-27(24)30-22-23-13-9-7-10-14-23)29(5)19-20-31-32(28(2,3)4)26-15-11-8-12-16-26/h6-18,21,32H,1,19-20,22H2,2-5H3. The third-order valence-electron chi connectivity index (χ3n) is 5.50. The first kappa shape index (κ1) is 23.8. The molecule has 0 saturated heterocycles. The molecule has 4 heteroatoms. The van der Waals surface area contributed by atoms with E-state index in [4.69, 9.17) is 9.16 Å². The Morgan fingerprint density at radius 2 is 1.59 bits per heavy atom. The maximum absolute atomic E-state index is 6.52. The van der Waals surface area contributed by atoms with E-state index in [-0.39, 0.29) is 5.04 Å². The number of hydrogen-bond acceptors (Lipinski definition) is 3. The zero-order valence-electron chi connectivity index (χ0n) is 19.8. The van der Waals surface area contributed by atoms with Crippen LogP contribution >= 0.6 is 0 Å². The second kappa shape index (κ2) is 11.2. The first-order valence-corrected chi connectivity index (χ1v) is 12.8. The SMILES string of the molecule is C=Cc1ccc(N(C)CCO[SiH](c2ccccc2)C(C)(C)C)cc1OCc1ccccc1. The van der Waals surface area contributed by atoms with E-state index in [2.05, 4.69) is 100.0 Å². The van der Waals surface area contributed by atoms with Crippen molar-refractivity contribution in [3.05, 3.63) is 96.6 Å². The number of rotatable bonds is 10. The number of ether oxygens (including phenoxy) is 1. The van der Waals surface area contributed by atoms with Crippen LogP contribution in [0.1, 0.15) is 31.9 Å². The monoisotopic (exact) mass is 445 g/mol. The Hall–Kier alpha value is -2.82. The Morgan fingerprint density at radius 1 is 0.938 bits per heavy atom. The van der Waals surface area contributed by atoms with Crippen LogP contribution < -0.4 is 14.8 Å². The van der Waals surface area contributed by atoms with Crippen LogP contribution in [0.2, 0.25) is 5.04 Å². The fourth-order valence-electron chi connectivity index (χ4n) is 3.70. The first-order chi connectivity index (χ1) is 15.4. The van der Waals surface area contributed by atoms with E-state index < -0.39 is 9.04 Å². The van der Waals surface area contributed by atoms with Gasteiger partial charge in [-0.3, -0.25) is 0 Å². The van der Waals surface area contributed by atoms with Gasteiger partial charge in [-0.2, -0.15) is 0 Å². The lowest BCUT2D eigenvalue weighted by Crippen LogP contribution is -2.43. The Morgan fingerprint density at radius 3 is 2.22 bits per heavy atom. The smallest absolute Gasteiger partial charge is 0.213 e. The highest BCUT2D eigenvalue weighted by molar-refractivity contribution is 6.70. The van der Waals surface area contributed by atoms with Crippen molar-refractivity contribution in [2.24, 2.45) is 0 Å². The molecule has 168 valence electrons. The van der Waals surface area contributed by atoms with Crippen LogP contribution in [0.25, 0.3) is 6.08 Å². The molecule has 1 unspecified atom stereocenters. The molecule has 0 heterocycles. The molecule has 3 rings (SSSR count). The van der Waals surface area contributed by atoms with E-state index in [1.165, 1.54) is 5.19 Å². The number of nitrogens with zero attached hydrogens (tertiary/aromatic N) is 1. The van der Waals surface area contributed by atoms with Crippen LogP contribution in [-0.2, 0) is 11.0 Å². The molecule has 0 fully saturated rings. The Kier molecular flexibility index (Phi) is 8.31. The lowest BCUT2D eigenvalue weighted by Gasteiger charge is -2.30. The summed E-state index contributed by atoms with van der Waals surface area (Å²) >= 11 is 0. The summed E-state index contributed by atoms with van der Waals surface area (Å²) < 4.78 is 12.6. The summed E-state index contributed by atoms with van der Waals surface area (Å²) in [5, 5.41) is 1.51. The van der Waals surface area contributed by atoms with Gasteiger partial charge in [0.2, 0.25) is 9.04 Å². The van der Waals surface area contributed by atoms with Crippen LogP contribution in [0.3, 0.4) is 0 Å². The second-order valence-electron chi connectivity index (χ2n) is 9.15. The molecule has 3 aromatic carbocycles. The minimum Gasteiger partial charge on any atom is -0.488 e. The molecule has 32 heavy (non-hydrogen) atoms. The van der Waals surface area contributed by atoms with Gasteiger partial charge < -0.3 is 14.1 Å². The second-order valence-corrected chi connectivity index (χ2v) is 12.6. The van der Waals surface area contributed by atoms with Gasteiger partial charge in [0.05, 0.1) is 6.61 Å². The summed E-state index contributed by atoms with van der Waals surface area (Å²) in [6.45, 7) is 12.8. The van der Waals surface area contributed by atoms with Gasteiger partial charge >= 0.3 is 0 Å². The van der Waals surface area contributed by atoms with Gasteiger partial charge in [-0.1, -0.05) is 94.1 Å². The predicted octanol–water partition coefficient (Wildman–Crippen LogP) is 5.79. The minimum absolute atomic E-state index is 0.157. The quantitative estimate of drug-likeness (QED) is 0.369. The molecule has 0 aliphatic carbocycles. The van der Waals surface area contributed by atoms with E-state index in [9.17, 15) is 0 Å². The number of anilines is 1. The normalized spacial score (nSPS) is 12.2. The molecule has 1 atom stereocenters. The molecule has 0 aromatic heterocycles. The fraction of sp³-hybridized carbons (Fsp3) is 0.286. The third-order valence-corrected chi connectivity index (χ3v) is 8.63. The third kappa shape index (κ3) is 6.59. The van der Waals surface area contributed by atoms with E-state index in [1.807, 2.05) is 24.3 Å². The van der Waals surface area contributed by atoms with Gasteiger partial charge in [0.1, 0.15) is 12.4 Å². The van der Waals surface area contributed by atoms with Crippen molar-refractivity contribution >= 4 is 26.0 Å². The van der Waals surface area contributed by atoms with E-state index >= 15 is 0 Å². The van der Waals surface area contributed by atoms with Crippen molar-refractivity contribution in [3.63, 3.8) is 0 Å². The van der Waals surface area contributed by atoms with Gasteiger partial charge in [-0.25, -0.2) is 0 Å². The Bertz CT molecular complexity index is 983. The number of likely N-dealkylation sites (N-methyl/N-ethyl adjacent to an activating group) is 1. The Balaban J connectivity index is 1.64. The molecule has 0 saturated carbocycles. The zero-order chi connectivity index (χ0) is 23.0. The summed E-state index contributed by atoms with van der Waals surface area (Å²) in [5.74, 6) is 0.848. The summed E-state index contributed by atoms with van der Waals surface area (Å²) in [7, 11) is 0.534. The summed E-state index contributed by atoms with van der Waals surface area (Å²) in [5.41, 5.74) is 3.25. The fourth-order valence-corrected chi connectivity index (χ4v) is 6.31. The number of hydrogen-bond donors (Lipinski definition) is 0. The highest BCUT2D eigenvalue weighted by atomic mass is 28.3. The van der Waals surface area contributed by atoms with E-state index in [1.54, 1.807) is 0 Å². The average molecular weight is 446 g/mol.